The SMILES string of the molecule is Brc1cc2c3ccccc3c(Br)cc2c2ccccc12.Cc1cc(Cc2ccc3c(c2)CCCC3)ccc1C(C)C.Cc1cc(N(c2ccc3c(c2)CCCC3)c2cc3c4ccccc4c(N(c4ccc(C(C)C)c(C)c4)c4ccc5c(c4)CCCC5)cc3c3ccccc23)ccc1C(C)C. The maximum atomic E-state index is 3.71. The molecule has 0 aliphatic heterocycles. The zero-order valence-corrected chi connectivity index (χ0v) is 63.7. The predicted molar refractivity (Wildman–Crippen MR) is 445 cm³/mol. The molecule has 17 rings (SSSR count). The van der Waals surface area contributed by atoms with Gasteiger partial charge in [-0.1, -0.05) is 231 Å². The highest BCUT2D eigenvalue weighted by Crippen LogP contribution is 2.50. The zero-order valence-electron chi connectivity index (χ0n) is 60.5. The molecule has 0 heterocycles. The average Bonchev–Trinajstić information content (AvgIpc) is 0.745. The molecule has 0 unspecified atom stereocenters. The van der Waals surface area contributed by atoms with Crippen molar-refractivity contribution in [2.24, 2.45) is 0 Å². The Hall–Kier alpha value is -8.80. The Balaban J connectivity index is 0.000000162. The third kappa shape index (κ3) is 13.7. The van der Waals surface area contributed by atoms with E-state index >= 15 is 0 Å². The number of halogens is 2. The van der Waals surface area contributed by atoms with Crippen molar-refractivity contribution in [3.05, 3.63) is 317 Å². The second-order valence-corrected chi connectivity index (χ2v) is 31.8. The van der Waals surface area contributed by atoms with Crippen LogP contribution in [0.1, 0.15) is 176 Å². The number of rotatable bonds is 11. The van der Waals surface area contributed by atoms with E-state index in [0.29, 0.717) is 17.8 Å². The van der Waals surface area contributed by atoms with Crippen molar-refractivity contribution in [3.63, 3.8) is 0 Å². The number of nitrogens with zero attached hydrogens (tertiary/aromatic N) is 2. The molecule has 0 atom stereocenters. The average molecular weight is 1450 g/mol. The summed E-state index contributed by atoms with van der Waals surface area (Å²) < 4.78 is 2.29. The van der Waals surface area contributed by atoms with Crippen LogP contribution in [0, 0.1) is 20.8 Å². The second kappa shape index (κ2) is 29.3. The summed E-state index contributed by atoms with van der Waals surface area (Å²) in [5.41, 5.74) is 27.8. The van der Waals surface area contributed by atoms with Gasteiger partial charge in [0.25, 0.3) is 0 Å². The fourth-order valence-electron chi connectivity index (χ4n) is 17.2. The summed E-state index contributed by atoms with van der Waals surface area (Å²) >= 11 is 7.42. The number of hydrogen-bond donors (Lipinski definition) is 0. The summed E-state index contributed by atoms with van der Waals surface area (Å²) in [6, 6.07) is 87.7. The van der Waals surface area contributed by atoms with E-state index in [0.717, 1.165) is 28.2 Å². The fraction of sp³-hybridized carbons (Fsp3) is 0.258. The maximum Gasteiger partial charge on any atom is 0.0546 e. The van der Waals surface area contributed by atoms with Gasteiger partial charge in [0.15, 0.2) is 0 Å². The standard InChI is InChI=1S/C58H58N2.C21H26.C18H10Br2/c1-37(2)49-29-27-45(31-39(49)5)59(47-25-23-41-15-7-9-17-43(41)33-47)57-35-55-52-20-12-14-22-54(52)58(36-56(55)51-19-11-13-21-53(51)57)60(46-28-30-50(38(3)4)40(6)32-46)48-26-24-42-16-8-10-18-44(42)34-48;1-15(2)21-11-9-17(12-16(21)3)13-18-8-10-19-6-4-5-7-20(19)14-18;19-17-10-16-12-6-2-4-8-14(12)18(20)9-15(16)11-5-1-3-7-13(11)17/h11-14,19-38H,7-10,15-18H2,1-6H3;8-12,14-15H,4-7,13H2,1-3H3;1-10H. The Bertz CT molecular complexity index is 5190. The summed E-state index contributed by atoms with van der Waals surface area (Å²) in [4.78, 5) is 5.10. The van der Waals surface area contributed by atoms with Gasteiger partial charge in [-0.05, 0) is 327 Å². The Labute approximate surface area is 616 Å². The van der Waals surface area contributed by atoms with Crippen LogP contribution in [0.4, 0.5) is 34.1 Å². The summed E-state index contributed by atoms with van der Waals surface area (Å²) in [6.07, 6.45) is 16.1. The number of aryl methyl sites for hydroxylation is 9. The van der Waals surface area contributed by atoms with Gasteiger partial charge in [-0.2, -0.15) is 0 Å². The lowest BCUT2D eigenvalue weighted by Crippen LogP contribution is -2.14. The van der Waals surface area contributed by atoms with Gasteiger partial charge in [-0.3, -0.25) is 0 Å². The molecule has 0 aromatic heterocycles. The summed E-state index contributed by atoms with van der Waals surface area (Å²) in [6.45, 7) is 20.5. The molecule has 0 bridgehead atoms. The highest BCUT2D eigenvalue weighted by atomic mass is 79.9. The summed E-state index contributed by atoms with van der Waals surface area (Å²) in [5.74, 6) is 1.55. The number of benzene rings is 14. The lowest BCUT2D eigenvalue weighted by atomic mass is 9.89. The van der Waals surface area contributed by atoms with Crippen molar-refractivity contribution in [1.82, 2.24) is 0 Å². The molecule has 0 N–H and O–H groups in total. The van der Waals surface area contributed by atoms with Crippen LogP contribution in [0.5, 0.6) is 0 Å². The fourth-order valence-corrected chi connectivity index (χ4v) is 18.4. The van der Waals surface area contributed by atoms with E-state index in [1.807, 2.05) is 0 Å². The van der Waals surface area contributed by atoms with E-state index in [1.54, 1.807) is 11.1 Å². The molecule has 2 nitrogen and oxygen atoms in total. The van der Waals surface area contributed by atoms with Crippen molar-refractivity contribution in [3.8, 4) is 0 Å². The van der Waals surface area contributed by atoms with Crippen LogP contribution in [-0.2, 0) is 44.9 Å². The smallest absolute Gasteiger partial charge is 0.0546 e. The Kier molecular flexibility index (Phi) is 19.7. The highest BCUT2D eigenvalue weighted by molar-refractivity contribution is 9.11. The molecule has 0 radical (unpaired) electrons. The van der Waals surface area contributed by atoms with Crippen LogP contribution in [-0.4, -0.2) is 0 Å². The Morgan fingerprint density at radius 2 is 0.554 bits per heavy atom. The molecular weight excluding hydrogens is 1350 g/mol. The van der Waals surface area contributed by atoms with E-state index in [2.05, 4.69) is 334 Å². The van der Waals surface area contributed by atoms with Gasteiger partial charge in [0.2, 0.25) is 0 Å². The number of hydrogen-bond acceptors (Lipinski definition) is 2. The van der Waals surface area contributed by atoms with Crippen molar-refractivity contribution in [2.45, 2.75) is 164 Å². The first-order valence-electron chi connectivity index (χ1n) is 37.4. The van der Waals surface area contributed by atoms with E-state index in [1.165, 1.54) is 230 Å². The van der Waals surface area contributed by atoms with E-state index < -0.39 is 0 Å². The minimum Gasteiger partial charge on any atom is -0.310 e. The van der Waals surface area contributed by atoms with E-state index in [4.69, 9.17) is 0 Å². The van der Waals surface area contributed by atoms with Gasteiger partial charge >= 0.3 is 0 Å². The molecular formula is C97H94Br2N2. The van der Waals surface area contributed by atoms with Gasteiger partial charge in [-0.15, -0.1) is 0 Å². The topological polar surface area (TPSA) is 6.48 Å². The van der Waals surface area contributed by atoms with Gasteiger partial charge in [0.1, 0.15) is 0 Å². The first-order chi connectivity index (χ1) is 49.1. The van der Waals surface area contributed by atoms with Gasteiger partial charge in [0.05, 0.1) is 11.4 Å². The molecule has 506 valence electrons. The van der Waals surface area contributed by atoms with E-state index in [-0.39, 0.29) is 0 Å². The predicted octanol–water partition coefficient (Wildman–Crippen LogP) is 29.0. The minimum absolute atomic E-state index is 0.469. The monoisotopic (exact) mass is 1440 g/mol. The van der Waals surface area contributed by atoms with Gasteiger partial charge in [0, 0.05) is 42.5 Å². The van der Waals surface area contributed by atoms with Crippen molar-refractivity contribution in [1.29, 1.82) is 0 Å². The minimum atomic E-state index is 0.469. The van der Waals surface area contributed by atoms with Crippen molar-refractivity contribution < 1.29 is 0 Å². The zero-order chi connectivity index (χ0) is 69.6. The second-order valence-electron chi connectivity index (χ2n) is 30.1. The lowest BCUT2D eigenvalue weighted by Gasteiger charge is -2.31. The Morgan fingerprint density at radius 3 is 0.941 bits per heavy atom. The molecule has 0 fully saturated rings. The molecule has 14 aromatic carbocycles. The first-order valence-corrected chi connectivity index (χ1v) is 39.0. The molecule has 0 amide bonds. The molecule has 0 saturated heterocycles. The third-order valence-corrected chi connectivity index (χ3v) is 23.6. The van der Waals surface area contributed by atoms with Crippen LogP contribution in [0.2, 0.25) is 0 Å². The molecule has 0 saturated carbocycles. The van der Waals surface area contributed by atoms with Gasteiger partial charge < -0.3 is 9.80 Å². The highest BCUT2D eigenvalue weighted by Gasteiger charge is 2.26. The summed E-state index contributed by atoms with van der Waals surface area (Å²) in [5, 5.41) is 15.2. The quantitative estimate of drug-likeness (QED) is 0.119. The van der Waals surface area contributed by atoms with Crippen LogP contribution in [0.15, 0.2) is 239 Å². The number of anilines is 6. The molecule has 0 spiro atoms. The van der Waals surface area contributed by atoms with Crippen LogP contribution in [0.3, 0.4) is 0 Å². The molecule has 3 aliphatic carbocycles. The molecule has 101 heavy (non-hydrogen) atoms. The first kappa shape index (κ1) is 68.0. The summed E-state index contributed by atoms with van der Waals surface area (Å²) in [7, 11) is 0. The Morgan fingerprint density at radius 1 is 0.267 bits per heavy atom. The molecule has 4 heteroatoms. The third-order valence-electron chi connectivity index (χ3n) is 22.3. The van der Waals surface area contributed by atoms with Crippen molar-refractivity contribution in [2.75, 3.05) is 9.80 Å². The van der Waals surface area contributed by atoms with Crippen LogP contribution in [0.25, 0.3) is 64.6 Å². The maximum absolute atomic E-state index is 3.71. The van der Waals surface area contributed by atoms with Crippen LogP contribution >= 0.6 is 31.9 Å². The largest absolute Gasteiger partial charge is 0.310 e. The van der Waals surface area contributed by atoms with E-state index in [9.17, 15) is 0 Å². The van der Waals surface area contributed by atoms with Crippen LogP contribution < -0.4 is 9.80 Å². The normalized spacial score (nSPS) is 13.5. The molecule has 3 aliphatic rings. The van der Waals surface area contributed by atoms with Gasteiger partial charge in [-0.25, -0.2) is 0 Å². The molecule has 14 aromatic rings. The number of fused-ring (bicyclic) bond motifs is 13. The lowest BCUT2D eigenvalue weighted by molar-refractivity contribution is 0.684. The van der Waals surface area contributed by atoms with Crippen molar-refractivity contribution >= 4 is 131 Å².